The van der Waals surface area contributed by atoms with Crippen LogP contribution in [0.2, 0.25) is 0 Å². The van der Waals surface area contributed by atoms with Crippen molar-refractivity contribution in [3.63, 3.8) is 0 Å². The van der Waals surface area contributed by atoms with E-state index < -0.39 is 5.60 Å². The molecular formula is C17H26O2. The highest BCUT2D eigenvalue weighted by Crippen LogP contribution is 2.74. The fraction of sp³-hybridized carbons (Fsp3) is 0.824. The Morgan fingerprint density at radius 1 is 1.37 bits per heavy atom. The minimum atomic E-state index is -0.406. The van der Waals surface area contributed by atoms with Gasteiger partial charge in [0.25, 0.3) is 0 Å². The third-order valence-corrected chi connectivity index (χ3v) is 6.84. The Morgan fingerprint density at radius 2 is 2.05 bits per heavy atom. The molecule has 0 radical (unpaired) electrons. The monoisotopic (exact) mass is 262 g/mol. The van der Waals surface area contributed by atoms with Crippen LogP contribution in [0.3, 0.4) is 0 Å². The summed E-state index contributed by atoms with van der Waals surface area (Å²) in [6.07, 6.45) is 5.89. The normalized spacial score (nSPS) is 47.1. The molecule has 0 heterocycles. The van der Waals surface area contributed by atoms with E-state index in [1.807, 2.05) is 0 Å². The Balaban J connectivity index is 2.13. The van der Waals surface area contributed by atoms with E-state index in [0.717, 1.165) is 24.3 Å². The van der Waals surface area contributed by atoms with E-state index in [9.17, 15) is 4.79 Å². The number of carbonyl (C=O) groups excluding carboxylic acids is 1. The summed E-state index contributed by atoms with van der Waals surface area (Å²) < 4.78 is 5.94. The molecule has 3 rings (SSSR count). The van der Waals surface area contributed by atoms with Gasteiger partial charge < -0.3 is 4.74 Å². The van der Waals surface area contributed by atoms with E-state index in [2.05, 4.69) is 27.4 Å². The largest absolute Gasteiger partial charge is 0.454 e. The van der Waals surface area contributed by atoms with Crippen LogP contribution < -0.4 is 0 Å². The van der Waals surface area contributed by atoms with Gasteiger partial charge in [-0.05, 0) is 54.9 Å². The molecule has 2 unspecified atom stereocenters. The minimum Gasteiger partial charge on any atom is -0.454 e. The van der Waals surface area contributed by atoms with Crippen molar-refractivity contribution in [1.82, 2.24) is 0 Å². The van der Waals surface area contributed by atoms with Gasteiger partial charge in [0.05, 0.1) is 0 Å². The van der Waals surface area contributed by atoms with Gasteiger partial charge in [0.2, 0.25) is 0 Å². The van der Waals surface area contributed by atoms with E-state index in [0.29, 0.717) is 11.3 Å². The number of ether oxygens (including phenoxy) is 1. The van der Waals surface area contributed by atoms with E-state index in [-0.39, 0.29) is 11.4 Å². The second-order valence-electron chi connectivity index (χ2n) is 7.69. The van der Waals surface area contributed by atoms with Gasteiger partial charge in [-0.3, -0.25) is 4.79 Å². The molecule has 2 heteroatoms. The van der Waals surface area contributed by atoms with E-state index >= 15 is 0 Å². The van der Waals surface area contributed by atoms with Crippen LogP contribution in [0.5, 0.6) is 0 Å². The Kier molecular flexibility index (Phi) is 2.54. The first-order chi connectivity index (χ1) is 8.76. The third kappa shape index (κ3) is 1.35. The first-order valence-corrected chi connectivity index (χ1v) is 7.64. The zero-order valence-corrected chi connectivity index (χ0v) is 12.7. The number of hydrogen-bond acceptors (Lipinski definition) is 2. The molecule has 0 aliphatic heterocycles. The van der Waals surface area contributed by atoms with Gasteiger partial charge in [0.1, 0.15) is 5.60 Å². The second-order valence-corrected chi connectivity index (χ2v) is 7.69. The van der Waals surface area contributed by atoms with Crippen LogP contribution in [0.4, 0.5) is 0 Å². The average Bonchev–Trinajstić information content (AvgIpc) is 2.68. The maximum atomic E-state index is 11.7. The van der Waals surface area contributed by atoms with Crippen LogP contribution in [0, 0.1) is 22.7 Å². The van der Waals surface area contributed by atoms with Gasteiger partial charge in [-0.1, -0.05) is 27.4 Å². The SMILES string of the molecule is C=C1CC[C@]23CC1(OC(C)=O)C(C)(C)C2CC[C@@H]3C. The zero-order valence-electron chi connectivity index (χ0n) is 12.7. The number of esters is 1. The number of fused-ring (bicyclic) bond motifs is 1. The number of hydrogen-bond donors (Lipinski definition) is 0. The summed E-state index contributed by atoms with van der Waals surface area (Å²) in [5, 5.41) is 0. The number of rotatable bonds is 1. The second kappa shape index (κ2) is 3.65. The molecule has 3 aliphatic rings. The van der Waals surface area contributed by atoms with Crippen LogP contribution >= 0.6 is 0 Å². The lowest BCUT2D eigenvalue weighted by Gasteiger charge is -2.46. The van der Waals surface area contributed by atoms with Gasteiger partial charge in [0.15, 0.2) is 0 Å². The Morgan fingerprint density at radius 3 is 2.68 bits per heavy atom. The molecule has 3 fully saturated rings. The van der Waals surface area contributed by atoms with E-state index in [1.54, 1.807) is 0 Å². The summed E-state index contributed by atoms with van der Waals surface area (Å²) >= 11 is 0. The quantitative estimate of drug-likeness (QED) is 0.525. The summed E-state index contributed by atoms with van der Waals surface area (Å²) in [6.45, 7) is 12.8. The standard InChI is InChI=1S/C17H26O2/c1-11-6-7-14-15(4,5)17(19-13(3)18)10-16(11,14)9-8-12(17)2/h11,14H,2,6-10H2,1,3-5H3/t11-,14?,16+,17?/m0/s1. The number of carbonyl (C=O) groups is 1. The topological polar surface area (TPSA) is 26.3 Å². The summed E-state index contributed by atoms with van der Waals surface area (Å²) in [7, 11) is 0. The van der Waals surface area contributed by atoms with Gasteiger partial charge in [0, 0.05) is 12.3 Å². The molecule has 0 saturated heterocycles. The van der Waals surface area contributed by atoms with Crippen molar-refractivity contribution in [3.8, 4) is 0 Å². The van der Waals surface area contributed by atoms with Crippen molar-refractivity contribution in [2.45, 2.75) is 65.4 Å². The van der Waals surface area contributed by atoms with Crippen LogP contribution in [0.15, 0.2) is 12.2 Å². The molecule has 2 nitrogen and oxygen atoms in total. The highest BCUT2D eigenvalue weighted by molar-refractivity contribution is 5.67. The maximum absolute atomic E-state index is 11.7. The molecule has 0 aromatic rings. The summed E-state index contributed by atoms with van der Waals surface area (Å²) in [6, 6.07) is 0. The zero-order chi connectivity index (χ0) is 14.1. The van der Waals surface area contributed by atoms with Crippen LogP contribution in [-0.4, -0.2) is 11.6 Å². The molecule has 0 N–H and O–H groups in total. The lowest BCUT2D eigenvalue weighted by atomic mass is 9.66. The molecule has 19 heavy (non-hydrogen) atoms. The van der Waals surface area contributed by atoms with Crippen molar-refractivity contribution in [2.24, 2.45) is 22.7 Å². The van der Waals surface area contributed by atoms with Gasteiger partial charge in [-0.25, -0.2) is 0 Å². The molecule has 3 saturated carbocycles. The molecule has 2 bridgehead atoms. The molecule has 1 spiro atoms. The van der Waals surface area contributed by atoms with E-state index in [1.165, 1.54) is 26.2 Å². The molecule has 106 valence electrons. The van der Waals surface area contributed by atoms with Gasteiger partial charge in [-0.2, -0.15) is 0 Å². The Bertz CT molecular complexity index is 450. The summed E-state index contributed by atoms with van der Waals surface area (Å²) in [4.78, 5) is 11.7. The molecule has 0 aromatic heterocycles. The van der Waals surface area contributed by atoms with Crippen molar-refractivity contribution in [1.29, 1.82) is 0 Å². The highest BCUT2D eigenvalue weighted by atomic mass is 16.6. The third-order valence-electron chi connectivity index (χ3n) is 6.84. The van der Waals surface area contributed by atoms with Gasteiger partial charge in [-0.15, -0.1) is 0 Å². The van der Waals surface area contributed by atoms with Gasteiger partial charge >= 0.3 is 5.97 Å². The lowest BCUT2D eigenvalue weighted by molar-refractivity contribution is -0.165. The summed E-state index contributed by atoms with van der Waals surface area (Å²) in [5.74, 6) is 1.27. The van der Waals surface area contributed by atoms with Crippen molar-refractivity contribution in [2.75, 3.05) is 0 Å². The van der Waals surface area contributed by atoms with Crippen molar-refractivity contribution >= 4 is 5.97 Å². The fourth-order valence-electron chi connectivity index (χ4n) is 5.84. The van der Waals surface area contributed by atoms with Crippen LogP contribution in [-0.2, 0) is 9.53 Å². The highest BCUT2D eigenvalue weighted by Gasteiger charge is 2.72. The minimum absolute atomic E-state index is 0.0248. The maximum Gasteiger partial charge on any atom is 0.303 e. The molecule has 3 aliphatic carbocycles. The van der Waals surface area contributed by atoms with Crippen LogP contribution in [0.1, 0.15) is 59.8 Å². The Hall–Kier alpha value is -0.790. The molecule has 0 amide bonds. The first kappa shape index (κ1) is 13.2. The van der Waals surface area contributed by atoms with Crippen LogP contribution in [0.25, 0.3) is 0 Å². The fourth-order valence-corrected chi connectivity index (χ4v) is 5.84. The predicted molar refractivity (Wildman–Crippen MR) is 75.6 cm³/mol. The van der Waals surface area contributed by atoms with E-state index in [4.69, 9.17) is 4.74 Å². The van der Waals surface area contributed by atoms with Crippen molar-refractivity contribution < 1.29 is 9.53 Å². The smallest absolute Gasteiger partial charge is 0.303 e. The average molecular weight is 262 g/mol. The molecule has 4 atom stereocenters. The predicted octanol–water partition coefficient (Wildman–Crippen LogP) is 4.10. The Labute approximate surface area is 116 Å². The summed E-state index contributed by atoms with van der Waals surface area (Å²) in [5.41, 5.74) is 1.16. The van der Waals surface area contributed by atoms with Crippen molar-refractivity contribution in [3.05, 3.63) is 12.2 Å². The molecule has 0 aromatic carbocycles. The lowest BCUT2D eigenvalue weighted by Crippen LogP contribution is -2.48. The molecular weight excluding hydrogens is 236 g/mol. The first-order valence-electron chi connectivity index (χ1n) is 7.64.